The van der Waals surface area contributed by atoms with E-state index in [0.717, 1.165) is 5.56 Å². The fourth-order valence-corrected chi connectivity index (χ4v) is 1.22. The number of hydrogen-bond acceptors (Lipinski definition) is 2. The number of hydrogen-bond donors (Lipinski definition) is 0. The molecule has 1 rings (SSSR count). The van der Waals surface area contributed by atoms with Gasteiger partial charge in [0, 0.05) is 22.6 Å². The van der Waals surface area contributed by atoms with Crippen molar-refractivity contribution in [2.45, 2.75) is 13.3 Å². The van der Waals surface area contributed by atoms with E-state index in [0.29, 0.717) is 6.42 Å². The first-order valence-corrected chi connectivity index (χ1v) is 5.60. The lowest BCUT2D eigenvalue weighted by Gasteiger charge is -2.01. The second kappa shape index (κ2) is 6.46. The SMILES string of the molecule is Cc1ccc(CC(=O)OCC#CI)cc1. The van der Waals surface area contributed by atoms with Crippen molar-refractivity contribution >= 4 is 28.6 Å². The molecule has 0 aliphatic heterocycles. The van der Waals surface area contributed by atoms with Gasteiger partial charge in [0.25, 0.3) is 0 Å². The fourth-order valence-electron chi connectivity index (χ4n) is 1.07. The van der Waals surface area contributed by atoms with Crippen LogP contribution in [0, 0.1) is 16.8 Å². The van der Waals surface area contributed by atoms with Gasteiger partial charge in [0.05, 0.1) is 6.42 Å². The number of carbonyl (C=O) groups excluding carboxylic acids is 1. The van der Waals surface area contributed by atoms with Crippen molar-refractivity contribution in [3.05, 3.63) is 35.4 Å². The van der Waals surface area contributed by atoms with Crippen molar-refractivity contribution in [2.75, 3.05) is 6.61 Å². The zero-order valence-corrected chi connectivity index (χ0v) is 10.6. The molecule has 0 saturated heterocycles. The molecule has 15 heavy (non-hydrogen) atoms. The molecule has 78 valence electrons. The Hall–Kier alpha value is -1.02. The van der Waals surface area contributed by atoms with Crippen LogP contribution in [0.4, 0.5) is 0 Å². The Morgan fingerprint density at radius 2 is 2.07 bits per heavy atom. The fraction of sp³-hybridized carbons (Fsp3) is 0.250. The molecule has 0 N–H and O–H groups in total. The largest absolute Gasteiger partial charge is 0.452 e. The number of aryl methyl sites for hydroxylation is 1. The Morgan fingerprint density at radius 1 is 1.40 bits per heavy atom. The Morgan fingerprint density at radius 3 is 2.67 bits per heavy atom. The zero-order valence-electron chi connectivity index (χ0n) is 8.42. The third-order valence-corrected chi connectivity index (χ3v) is 2.22. The molecule has 0 spiro atoms. The number of carbonyl (C=O) groups is 1. The first-order valence-electron chi connectivity index (χ1n) is 4.52. The Kier molecular flexibility index (Phi) is 5.19. The minimum absolute atomic E-state index is 0.174. The lowest BCUT2D eigenvalue weighted by atomic mass is 10.1. The van der Waals surface area contributed by atoms with Crippen LogP contribution in [-0.2, 0) is 16.0 Å². The van der Waals surface area contributed by atoms with Crippen molar-refractivity contribution in [1.29, 1.82) is 0 Å². The molecule has 0 fully saturated rings. The lowest BCUT2D eigenvalue weighted by Crippen LogP contribution is -2.07. The number of benzene rings is 1. The Balaban J connectivity index is 2.43. The van der Waals surface area contributed by atoms with Crippen LogP contribution < -0.4 is 0 Å². The third-order valence-electron chi connectivity index (χ3n) is 1.84. The van der Waals surface area contributed by atoms with Crippen LogP contribution in [-0.4, -0.2) is 12.6 Å². The summed E-state index contributed by atoms with van der Waals surface area (Å²) in [5, 5.41) is 0. The smallest absolute Gasteiger partial charge is 0.311 e. The second-order valence-electron chi connectivity index (χ2n) is 3.09. The van der Waals surface area contributed by atoms with Gasteiger partial charge in [-0.25, -0.2) is 0 Å². The highest BCUT2D eigenvalue weighted by Crippen LogP contribution is 2.04. The van der Waals surface area contributed by atoms with Crippen LogP contribution in [0.3, 0.4) is 0 Å². The van der Waals surface area contributed by atoms with Crippen molar-refractivity contribution in [3.63, 3.8) is 0 Å². The number of rotatable bonds is 3. The maximum Gasteiger partial charge on any atom is 0.311 e. The monoisotopic (exact) mass is 314 g/mol. The molecule has 0 aliphatic carbocycles. The quantitative estimate of drug-likeness (QED) is 0.487. The maximum atomic E-state index is 11.3. The van der Waals surface area contributed by atoms with E-state index in [-0.39, 0.29) is 12.6 Å². The van der Waals surface area contributed by atoms with E-state index < -0.39 is 0 Å². The van der Waals surface area contributed by atoms with Crippen molar-refractivity contribution < 1.29 is 9.53 Å². The predicted molar refractivity (Wildman–Crippen MR) is 67.6 cm³/mol. The maximum absolute atomic E-state index is 11.3. The summed E-state index contributed by atoms with van der Waals surface area (Å²) < 4.78 is 7.54. The van der Waals surface area contributed by atoms with E-state index in [9.17, 15) is 4.79 Å². The van der Waals surface area contributed by atoms with Crippen LogP contribution >= 0.6 is 22.6 Å². The van der Waals surface area contributed by atoms with Gasteiger partial charge in [0.1, 0.15) is 0 Å². The molecule has 0 bridgehead atoms. The van der Waals surface area contributed by atoms with Crippen LogP contribution in [0.5, 0.6) is 0 Å². The molecular formula is C12H11IO2. The van der Waals surface area contributed by atoms with Crippen molar-refractivity contribution in [2.24, 2.45) is 0 Å². The molecule has 0 aliphatic rings. The van der Waals surface area contributed by atoms with Gasteiger partial charge in [-0.1, -0.05) is 35.7 Å². The summed E-state index contributed by atoms with van der Waals surface area (Å²) >= 11 is 1.91. The molecule has 0 amide bonds. The molecule has 0 atom stereocenters. The van der Waals surface area contributed by atoms with E-state index in [1.807, 2.05) is 53.8 Å². The normalized spacial score (nSPS) is 8.93. The summed E-state index contributed by atoms with van der Waals surface area (Å²) in [6.07, 6.45) is 0.309. The van der Waals surface area contributed by atoms with Gasteiger partial charge >= 0.3 is 5.97 Å². The van der Waals surface area contributed by atoms with Crippen LogP contribution in [0.25, 0.3) is 0 Å². The highest BCUT2D eigenvalue weighted by atomic mass is 127. The van der Waals surface area contributed by atoms with Gasteiger partial charge < -0.3 is 4.74 Å². The highest BCUT2D eigenvalue weighted by Gasteiger charge is 2.03. The lowest BCUT2D eigenvalue weighted by molar-refractivity contribution is -0.141. The molecule has 0 radical (unpaired) electrons. The summed E-state index contributed by atoms with van der Waals surface area (Å²) in [5.41, 5.74) is 2.15. The van der Waals surface area contributed by atoms with Gasteiger partial charge in [0.2, 0.25) is 0 Å². The van der Waals surface area contributed by atoms with Gasteiger partial charge in [0.15, 0.2) is 6.61 Å². The second-order valence-corrected chi connectivity index (χ2v) is 3.63. The summed E-state index contributed by atoms with van der Waals surface area (Å²) in [7, 11) is 0. The third kappa shape index (κ3) is 4.84. The number of ether oxygens (including phenoxy) is 1. The minimum atomic E-state index is -0.238. The molecule has 1 aromatic rings. The molecule has 0 aromatic heterocycles. The summed E-state index contributed by atoms with van der Waals surface area (Å²) in [6.45, 7) is 2.19. The Labute approximate surface area is 103 Å². The summed E-state index contributed by atoms with van der Waals surface area (Å²) in [6, 6.07) is 7.82. The summed E-state index contributed by atoms with van der Waals surface area (Å²) in [5.74, 6) is 2.43. The van der Waals surface area contributed by atoms with Gasteiger partial charge in [-0.15, -0.1) is 0 Å². The van der Waals surface area contributed by atoms with Crippen LogP contribution in [0.1, 0.15) is 11.1 Å². The Bertz CT molecular complexity index is 384. The number of halogens is 1. The van der Waals surface area contributed by atoms with E-state index in [1.54, 1.807) is 0 Å². The van der Waals surface area contributed by atoms with E-state index in [1.165, 1.54) is 5.56 Å². The molecule has 0 saturated carbocycles. The standard InChI is InChI=1S/C12H11IO2/c1-10-3-5-11(6-4-10)9-12(14)15-8-2-7-13/h3-6H,8-9H2,1H3. The topological polar surface area (TPSA) is 26.3 Å². The molecule has 0 unspecified atom stereocenters. The minimum Gasteiger partial charge on any atom is -0.452 e. The molecular weight excluding hydrogens is 303 g/mol. The first-order chi connectivity index (χ1) is 7.22. The zero-order chi connectivity index (χ0) is 11.1. The summed E-state index contributed by atoms with van der Waals surface area (Å²) in [4.78, 5) is 11.3. The average Bonchev–Trinajstić information content (AvgIpc) is 2.22. The molecule has 0 heterocycles. The van der Waals surface area contributed by atoms with Gasteiger partial charge in [-0.3, -0.25) is 4.79 Å². The van der Waals surface area contributed by atoms with E-state index in [2.05, 4.69) is 9.85 Å². The predicted octanol–water partition coefficient (Wildman–Crippen LogP) is 2.48. The van der Waals surface area contributed by atoms with Gasteiger partial charge in [-0.05, 0) is 16.4 Å². The van der Waals surface area contributed by atoms with Crippen LogP contribution in [0.15, 0.2) is 24.3 Å². The number of esters is 1. The first kappa shape index (κ1) is 12.1. The van der Waals surface area contributed by atoms with Crippen LogP contribution in [0.2, 0.25) is 0 Å². The van der Waals surface area contributed by atoms with E-state index >= 15 is 0 Å². The molecule has 2 nitrogen and oxygen atoms in total. The molecule has 1 aromatic carbocycles. The molecule has 3 heteroatoms. The van der Waals surface area contributed by atoms with Crippen molar-refractivity contribution in [1.82, 2.24) is 0 Å². The van der Waals surface area contributed by atoms with Crippen molar-refractivity contribution in [3.8, 4) is 9.85 Å². The van der Waals surface area contributed by atoms with Gasteiger partial charge in [-0.2, -0.15) is 0 Å². The van der Waals surface area contributed by atoms with E-state index in [4.69, 9.17) is 4.74 Å². The highest BCUT2D eigenvalue weighted by molar-refractivity contribution is 14.1. The average molecular weight is 314 g/mol.